The first-order chi connectivity index (χ1) is 6.52. The van der Waals surface area contributed by atoms with Crippen molar-refractivity contribution >= 4 is 0 Å². The molecule has 0 heterocycles. The molecule has 0 spiro atoms. The molecule has 0 atom stereocenters. The summed E-state index contributed by atoms with van der Waals surface area (Å²) < 4.78 is 13.4. The van der Waals surface area contributed by atoms with Crippen molar-refractivity contribution in [3.63, 3.8) is 0 Å². The maximum atomic E-state index is 13.4. The van der Waals surface area contributed by atoms with Crippen molar-refractivity contribution in [2.45, 2.75) is 40.5 Å². The maximum Gasteiger partial charge on any atom is 0.122 e. The zero-order valence-electron chi connectivity index (χ0n) is 9.73. The molecule has 0 unspecified atom stereocenters. The van der Waals surface area contributed by atoms with Crippen LogP contribution in [-0.2, 0) is 0 Å². The van der Waals surface area contributed by atoms with E-state index in [1.165, 1.54) is 6.08 Å². The summed E-state index contributed by atoms with van der Waals surface area (Å²) in [5.74, 6) is 0.0806. The van der Waals surface area contributed by atoms with Crippen molar-refractivity contribution in [3.8, 4) is 0 Å². The van der Waals surface area contributed by atoms with Gasteiger partial charge in [-0.1, -0.05) is 51.5 Å². The predicted molar refractivity (Wildman–Crippen MR) is 61.8 cm³/mol. The molecule has 0 aromatic carbocycles. The van der Waals surface area contributed by atoms with Gasteiger partial charge in [-0.25, -0.2) is 4.39 Å². The summed E-state index contributed by atoms with van der Waals surface area (Å²) in [5, 5.41) is 0. The molecule has 0 radical (unpaired) electrons. The molecule has 1 heteroatoms. The number of allylic oxidation sites excluding steroid dienone is 5. The zero-order chi connectivity index (χ0) is 11.1. The van der Waals surface area contributed by atoms with Gasteiger partial charge in [0.1, 0.15) is 5.83 Å². The Morgan fingerprint density at radius 1 is 1.43 bits per heavy atom. The fraction of sp³-hybridized carbons (Fsp3) is 0.538. The topological polar surface area (TPSA) is 0 Å². The number of rotatable bonds is 5. The smallest absolute Gasteiger partial charge is 0.122 e. The van der Waals surface area contributed by atoms with Crippen molar-refractivity contribution in [1.29, 1.82) is 0 Å². The summed E-state index contributed by atoms with van der Waals surface area (Å²) in [6, 6.07) is 0. The van der Waals surface area contributed by atoms with Gasteiger partial charge in [-0.15, -0.1) is 0 Å². The van der Waals surface area contributed by atoms with Crippen LogP contribution >= 0.6 is 0 Å². The number of hydrogen-bond acceptors (Lipinski definition) is 0. The molecular formula is C13H21F. The highest BCUT2D eigenvalue weighted by Gasteiger charge is 2.08. The van der Waals surface area contributed by atoms with Gasteiger partial charge in [-0.3, -0.25) is 0 Å². The number of hydrogen-bond donors (Lipinski definition) is 0. The van der Waals surface area contributed by atoms with Gasteiger partial charge in [0.2, 0.25) is 0 Å². The molecule has 0 rings (SSSR count). The normalized spacial score (nSPS) is 13.6. The second-order valence-electron chi connectivity index (χ2n) is 3.80. The summed E-state index contributed by atoms with van der Waals surface area (Å²) in [5.41, 5.74) is 1.76. The predicted octanol–water partition coefficient (Wildman–Crippen LogP) is 4.80. The van der Waals surface area contributed by atoms with Crippen molar-refractivity contribution in [2.24, 2.45) is 5.92 Å². The first-order valence-electron chi connectivity index (χ1n) is 5.24. The second kappa shape index (κ2) is 6.58. The first-order valence-corrected chi connectivity index (χ1v) is 5.24. The van der Waals surface area contributed by atoms with E-state index in [9.17, 15) is 4.39 Å². The van der Waals surface area contributed by atoms with E-state index in [4.69, 9.17) is 0 Å². The van der Waals surface area contributed by atoms with Crippen LogP contribution in [0.25, 0.3) is 0 Å². The molecule has 80 valence electrons. The SMILES string of the molecule is C=C(/C=C(\C(F)=C/C)C(C)C)CCC. The van der Waals surface area contributed by atoms with E-state index in [1.807, 2.05) is 19.9 Å². The Balaban J connectivity index is 4.74. The molecule has 0 aromatic heterocycles. The maximum absolute atomic E-state index is 13.4. The Kier molecular flexibility index (Phi) is 6.18. The molecule has 0 saturated carbocycles. The minimum atomic E-state index is -0.128. The lowest BCUT2D eigenvalue weighted by Crippen LogP contribution is -1.95. The molecule has 0 nitrogen and oxygen atoms in total. The first kappa shape index (κ1) is 13.2. The molecule has 0 saturated heterocycles. The Hall–Kier alpha value is -0.850. The minimum Gasteiger partial charge on any atom is -0.207 e. The summed E-state index contributed by atoms with van der Waals surface area (Å²) in [6.07, 6.45) is 5.37. The van der Waals surface area contributed by atoms with Crippen LogP contribution in [-0.4, -0.2) is 0 Å². The van der Waals surface area contributed by atoms with Gasteiger partial charge in [0.25, 0.3) is 0 Å². The Bertz CT molecular complexity index is 244. The van der Waals surface area contributed by atoms with Crippen LogP contribution in [0.15, 0.2) is 35.7 Å². The van der Waals surface area contributed by atoms with E-state index in [-0.39, 0.29) is 11.7 Å². The molecule has 14 heavy (non-hydrogen) atoms. The van der Waals surface area contributed by atoms with Gasteiger partial charge in [0.05, 0.1) is 0 Å². The zero-order valence-corrected chi connectivity index (χ0v) is 9.73. The molecule has 0 aromatic rings. The van der Waals surface area contributed by atoms with Crippen molar-refractivity contribution in [1.82, 2.24) is 0 Å². The van der Waals surface area contributed by atoms with Gasteiger partial charge in [0.15, 0.2) is 0 Å². The summed E-state index contributed by atoms with van der Waals surface area (Å²) in [6.45, 7) is 11.7. The third-order valence-electron chi connectivity index (χ3n) is 2.08. The van der Waals surface area contributed by atoms with Crippen LogP contribution in [0.1, 0.15) is 40.5 Å². The van der Waals surface area contributed by atoms with E-state index >= 15 is 0 Å². The van der Waals surface area contributed by atoms with Gasteiger partial charge >= 0.3 is 0 Å². The summed E-state index contributed by atoms with van der Waals surface area (Å²) >= 11 is 0. The average molecular weight is 196 g/mol. The van der Waals surface area contributed by atoms with Gasteiger partial charge < -0.3 is 0 Å². The molecule has 0 fully saturated rings. The lowest BCUT2D eigenvalue weighted by molar-refractivity contribution is 0.606. The molecule has 0 amide bonds. The van der Waals surface area contributed by atoms with Crippen LogP contribution < -0.4 is 0 Å². The molecule has 0 bridgehead atoms. The van der Waals surface area contributed by atoms with Crippen LogP contribution in [0, 0.1) is 5.92 Å². The lowest BCUT2D eigenvalue weighted by Gasteiger charge is -2.10. The van der Waals surface area contributed by atoms with E-state index in [2.05, 4.69) is 13.5 Å². The third kappa shape index (κ3) is 4.40. The Morgan fingerprint density at radius 2 is 2.00 bits per heavy atom. The fourth-order valence-corrected chi connectivity index (χ4v) is 1.29. The van der Waals surface area contributed by atoms with Crippen LogP contribution in [0.2, 0.25) is 0 Å². The monoisotopic (exact) mass is 196 g/mol. The summed E-state index contributed by atoms with van der Waals surface area (Å²) in [7, 11) is 0. The number of halogens is 1. The quantitative estimate of drug-likeness (QED) is 0.554. The van der Waals surface area contributed by atoms with Gasteiger partial charge in [-0.05, 0) is 24.8 Å². The molecule has 0 aliphatic carbocycles. The third-order valence-corrected chi connectivity index (χ3v) is 2.08. The Morgan fingerprint density at radius 3 is 2.36 bits per heavy atom. The van der Waals surface area contributed by atoms with E-state index in [0.29, 0.717) is 0 Å². The standard InChI is InChI=1S/C13H21F/c1-6-8-11(5)9-12(10(3)4)13(14)7-2/h7,9-10H,5-6,8H2,1-4H3/b12-9-,13-7+. The Labute approximate surface area is 87.2 Å². The van der Waals surface area contributed by atoms with Crippen LogP contribution in [0.5, 0.6) is 0 Å². The van der Waals surface area contributed by atoms with E-state index < -0.39 is 0 Å². The van der Waals surface area contributed by atoms with E-state index in [0.717, 1.165) is 24.0 Å². The van der Waals surface area contributed by atoms with E-state index in [1.54, 1.807) is 6.92 Å². The largest absolute Gasteiger partial charge is 0.207 e. The highest BCUT2D eigenvalue weighted by atomic mass is 19.1. The van der Waals surface area contributed by atoms with Gasteiger partial charge in [0, 0.05) is 0 Å². The van der Waals surface area contributed by atoms with Crippen molar-refractivity contribution < 1.29 is 4.39 Å². The van der Waals surface area contributed by atoms with Gasteiger partial charge in [-0.2, -0.15) is 0 Å². The highest BCUT2D eigenvalue weighted by Crippen LogP contribution is 2.23. The molecule has 0 N–H and O–H groups in total. The average Bonchev–Trinajstić information content (AvgIpc) is 2.13. The van der Waals surface area contributed by atoms with Crippen LogP contribution in [0.4, 0.5) is 4.39 Å². The summed E-state index contributed by atoms with van der Waals surface area (Å²) in [4.78, 5) is 0. The second-order valence-corrected chi connectivity index (χ2v) is 3.80. The lowest BCUT2D eigenvalue weighted by atomic mass is 9.98. The van der Waals surface area contributed by atoms with Crippen molar-refractivity contribution in [2.75, 3.05) is 0 Å². The highest BCUT2D eigenvalue weighted by molar-refractivity contribution is 5.33. The van der Waals surface area contributed by atoms with Crippen LogP contribution in [0.3, 0.4) is 0 Å². The molecule has 0 aliphatic heterocycles. The fourth-order valence-electron chi connectivity index (χ4n) is 1.29. The molecule has 0 aliphatic rings. The molecular weight excluding hydrogens is 175 g/mol. The minimum absolute atomic E-state index is 0.128. The van der Waals surface area contributed by atoms with Crippen molar-refractivity contribution in [3.05, 3.63) is 35.7 Å².